The number of halogens is 3. The van der Waals surface area contributed by atoms with Gasteiger partial charge < -0.3 is 8.92 Å². The zero-order valence-electron chi connectivity index (χ0n) is 16.4. The minimum atomic E-state index is -5.86. The van der Waals surface area contributed by atoms with Gasteiger partial charge in [-0.05, 0) is 35.1 Å². The average Bonchev–Trinajstić information content (AvgIpc) is 2.72. The zero-order valence-corrected chi connectivity index (χ0v) is 18.1. The maximum absolute atomic E-state index is 12.8. The molecular weight excluding hydrogens is 453 g/mol. The van der Waals surface area contributed by atoms with Crippen LogP contribution in [0.3, 0.4) is 0 Å². The van der Waals surface area contributed by atoms with Crippen LogP contribution in [0.5, 0.6) is 5.88 Å². The number of hydrogen-bond donors (Lipinski definition) is 0. The van der Waals surface area contributed by atoms with Crippen LogP contribution < -0.4 is 4.18 Å². The van der Waals surface area contributed by atoms with E-state index in [1.165, 1.54) is 0 Å². The van der Waals surface area contributed by atoms with Gasteiger partial charge in [0.2, 0.25) is 5.88 Å². The van der Waals surface area contributed by atoms with Gasteiger partial charge in [-0.2, -0.15) is 26.6 Å². The van der Waals surface area contributed by atoms with E-state index in [0.717, 1.165) is 33.7 Å². The lowest BCUT2D eigenvalue weighted by Crippen LogP contribution is -2.29. The number of thioether (sulfide) groups is 1. The molecule has 0 aliphatic carbocycles. The van der Waals surface area contributed by atoms with E-state index < -0.39 is 27.6 Å². The average molecular weight is 470 g/mol. The topological polar surface area (TPSA) is 78.4 Å². The summed E-state index contributed by atoms with van der Waals surface area (Å²) in [7, 11) is -5.86. The molecule has 0 saturated carbocycles. The first-order valence-electron chi connectivity index (χ1n) is 9.15. The fraction of sp³-hybridized carbons (Fsp3) is 0.300. The Labute approximate surface area is 180 Å². The monoisotopic (exact) mass is 470 g/mol. The van der Waals surface area contributed by atoms with Gasteiger partial charge in [-0.3, -0.25) is 0 Å². The van der Waals surface area contributed by atoms with Crippen LogP contribution in [-0.4, -0.2) is 30.1 Å². The molecule has 6 nitrogen and oxygen atoms in total. The van der Waals surface area contributed by atoms with Crippen molar-refractivity contribution in [3.05, 3.63) is 58.8 Å². The number of alkyl halides is 3. The molecule has 0 N–H and O–H groups in total. The van der Waals surface area contributed by atoms with Crippen molar-refractivity contribution in [3.63, 3.8) is 0 Å². The van der Waals surface area contributed by atoms with E-state index in [1.54, 1.807) is 6.26 Å². The van der Waals surface area contributed by atoms with Crippen molar-refractivity contribution in [2.45, 2.75) is 36.7 Å². The summed E-state index contributed by atoms with van der Waals surface area (Å²) in [5.41, 5.74) is -3.08. The second kappa shape index (κ2) is 7.95. The molecule has 2 heterocycles. The summed E-state index contributed by atoms with van der Waals surface area (Å²) >= 11 is 1.07. The first-order chi connectivity index (χ1) is 14.6. The summed E-state index contributed by atoms with van der Waals surface area (Å²) in [5.74, 6) is -0.653. The quantitative estimate of drug-likeness (QED) is 0.237. The Morgan fingerprint density at radius 3 is 2.55 bits per heavy atom. The Balaban J connectivity index is 1.76. The van der Waals surface area contributed by atoms with Crippen LogP contribution in [0.2, 0.25) is 0 Å². The normalized spacial score (nSPS) is 16.9. The van der Waals surface area contributed by atoms with Gasteiger partial charge in [0.1, 0.15) is 0 Å². The molecule has 2 aromatic carbocycles. The molecule has 1 aliphatic rings. The number of benzene rings is 2. The van der Waals surface area contributed by atoms with Crippen LogP contribution >= 0.6 is 11.8 Å². The molecule has 0 saturated heterocycles. The molecule has 11 heteroatoms. The van der Waals surface area contributed by atoms with E-state index >= 15 is 0 Å². The maximum atomic E-state index is 12.8. The zero-order chi connectivity index (χ0) is 22.4. The molecule has 31 heavy (non-hydrogen) atoms. The van der Waals surface area contributed by atoms with Crippen molar-refractivity contribution in [2.75, 3.05) is 6.26 Å². The molecule has 164 valence electrons. The first-order valence-corrected chi connectivity index (χ1v) is 11.8. The SMILES string of the molecule is CSc1nc2c(c(OS(=O)(=O)C(F)(F)F)n1)COC(c1cccc3cccc(C)c13)C2. The molecule has 3 aromatic rings. The van der Waals surface area contributed by atoms with Gasteiger partial charge in [-0.15, -0.1) is 0 Å². The van der Waals surface area contributed by atoms with Gasteiger partial charge >= 0.3 is 15.6 Å². The van der Waals surface area contributed by atoms with Crippen LogP contribution in [0.4, 0.5) is 13.2 Å². The first kappa shape index (κ1) is 21.8. The van der Waals surface area contributed by atoms with Crippen LogP contribution in [0.25, 0.3) is 10.8 Å². The highest BCUT2D eigenvalue weighted by molar-refractivity contribution is 7.98. The fourth-order valence-corrected chi connectivity index (χ4v) is 4.38. The van der Waals surface area contributed by atoms with Crippen molar-refractivity contribution in [3.8, 4) is 5.88 Å². The van der Waals surface area contributed by atoms with E-state index in [4.69, 9.17) is 4.74 Å². The highest BCUT2D eigenvalue weighted by Crippen LogP contribution is 2.39. The van der Waals surface area contributed by atoms with Crippen molar-refractivity contribution in [1.82, 2.24) is 9.97 Å². The van der Waals surface area contributed by atoms with Crippen LogP contribution in [0.15, 0.2) is 41.6 Å². The molecule has 1 aliphatic heterocycles. The number of hydrogen-bond acceptors (Lipinski definition) is 7. The van der Waals surface area contributed by atoms with Crippen LogP contribution in [0.1, 0.15) is 28.5 Å². The summed E-state index contributed by atoms with van der Waals surface area (Å²) in [6, 6.07) is 11.8. The number of fused-ring (bicyclic) bond motifs is 2. The van der Waals surface area contributed by atoms with Crippen LogP contribution in [0, 0.1) is 6.92 Å². The molecule has 0 radical (unpaired) electrons. The number of ether oxygens (including phenoxy) is 1. The van der Waals surface area contributed by atoms with Crippen molar-refractivity contribution >= 4 is 32.7 Å². The molecule has 0 fully saturated rings. The van der Waals surface area contributed by atoms with E-state index in [-0.39, 0.29) is 23.7 Å². The lowest BCUT2D eigenvalue weighted by atomic mass is 9.93. The van der Waals surface area contributed by atoms with Gasteiger partial charge in [0, 0.05) is 6.42 Å². The van der Waals surface area contributed by atoms with Gasteiger partial charge in [0.25, 0.3) is 0 Å². The van der Waals surface area contributed by atoms with E-state index in [0.29, 0.717) is 5.69 Å². The Morgan fingerprint density at radius 1 is 1.16 bits per heavy atom. The summed E-state index contributed by atoms with van der Waals surface area (Å²) < 4.78 is 71.7. The third-order valence-corrected chi connectivity index (χ3v) is 6.48. The molecule has 4 rings (SSSR count). The largest absolute Gasteiger partial charge is 0.534 e. The van der Waals surface area contributed by atoms with Crippen LogP contribution in [-0.2, 0) is 27.9 Å². The van der Waals surface area contributed by atoms with Gasteiger partial charge in [0.15, 0.2) is 5.16 Å². The number of rotatable bonds is 4. The number of nitrogens with zero attached hydrogens (tertiary/aromatic N) is 2. The smallest absolute Gasteiger partial charge is 0.368 e. The maximum Gasteiger partial charge on any atom is 0.534 e. The van der Waals surface area contributed by atoms with Gasteiger partial charge in [-0.25, -0.2) is 4.98 Å². The summed E-state index contributed by atoms with van der Waals surface area (Å²) in [6.07, 6.45) is 1.46. The Kier molecular flexibility index (Phi) is 5.61. The second-order valence-electron chi connectivity index (χ2n) is 6.95. The second-order valence-corrected chi connectivity index (χ2v) is 9.26. The molecule has 1 aromatic heterocycles. The van der Waals surface area contributed by atoms with E-state index in [9.17, 15) is 21.6 Å². The summed E-state index contributed by atoms with van der Waals surface area (Å²) in [6.45, 7) is 1.81. The van der Waals surface area contributed by atoms with Crippen molar-refractivity contribution in [2.24, 2.45) is 0 Å². The summed E-state index contributed by atoms with van der Waals surface area (Å²) in [4.78, 5) is 8.21. The molecule has 1 atom stereocenters. The number of aryl methyl sites for hydroxylation is 1. The lowest BCUT2D eigenvalue weighted by Gasteiger charge is -2.27. The van der Waals surface area contributed by atoms with Gasteiger partial charge in [0.05, 0.1) is 24.0 Å². The molecule has 0 bridgehead atoms. The summed E-state index contributed by atoms with van der Waals surface area (Å²) in [5, 5.41) is 2.19. The molecule has 1 unspecified atom stereocenters. The Hall–Kier alpha value is -2.37. The molecular formula is C20H17F3N2O4S2. The molecule has 0 amide bonds. The third-order valence-electron chi connectivity index (χ3n) is 4.99. The van der Waals surface area contributed by atoms with Crippen molar-refractivity contribution < 1.29 is 30.5 Å². The minimum Gasteiger partial charge on any atom is -0.368 e. The van der Waals surface area contributed by atoms with Crippen molar-refractivity contribution in [1.29, 1.82) is 0 Å². The highest BCUT2D eigenvalue weighted by atomic mass is 32.2. The predicted octanol–water partition coefficient (Wildman–Crippen LogP) is 4.70. The number of aromatic nitrogens is 2. The van der Waals surface area contributed by atoms with E-state index in [1.807, 2.05) is 43.3 Å². The highest BCUT2D eigenvalue weighted by Gasteiger charge is 2.49. The van der Waals surface area contributed by atoms with Gasteiger partial charge in [-0.1, -0.05) is 48.2 Å². The Morgan fingerprint density at radius 2 is 1.87 bits per heavy atom. The lowest BCUT2D eigenvalue weighted by molar-refractivity contribution is -0.0503. The predicted molar refractivity (Wildman–Crippen MR) is 109 cm³/mol. The Bertz CT molecular complexity index is 1260. The fourth-order valence-electron chi connectivity index (χ4n) is 3.56. The molecule has 0 spiro atoms. The third kappa shape index (κ3) is 4.09. The standard InChI is InChI=1S/C20H17F3N2O4S2/c1-11-5-3-6-12-7-4-8-13(17(11)12)16-9-15-14(10-28-16)18(25-19(24-15)30-2)29-31(26,27)20(21,22)23/h3-8,16H,9-10H2,1-2H3. The van der Waals surface area contributed by atoms with E-state index in [2.05, 4.69) is 14.2 Å². The minimum absolute atomic E-state index is 0.0961.